The Labute approximate surface area is 168 Å². The average molecular weight is 424 g/mol. The van der Waals surface area contributed by atoms with Gasteiger partial charge in [0.2, 0.25) is 11.8 Å². The summed E-state index contributed by atoms with van der Waals surface area (Å²) in [5.74, 6) is -0.894. The second-order valence-electron chi connectivity index (χ2n) is 9.72. The first-order valence-electron chi connectivity index (χ1n) is 9.25. The molecule has 0 aromatic carbocycles. The molecule has 4 N–H and O–H groups in total. The molecule has 0 aromatic heterocycles. The maximum atomic E-state index is 12.1. The third kappa shape index (κ3) is 12.5. The second-order valence-corrected chi connectivity index (χ2v) is 11.1. The number of phosphoric acid groups is 1. The van der Waals surface area contributed by atoms with Crippen LogP contribution in [-0.4, -0.2) is 53.2 Å². The highest BCUT2D eigenvalue weighted by Crippen LogP contribution is 2.48. The first-order chi connectivity index (χ1) is 12.3. The number of carbonyl (C=O) groups is 2. The number of carbonyl (C=O) groups excluding carboxylic acids is 2. The highest BCUT2D eigenvalue weighted by molar-refractivity contribution is 7.47. The first-order valence-corrected chi connectivity index (χ1v) is 10.7. The lowest BCUT2D eigenvalue weighted by molar-refractivity contribution is -0.137. The molecule has 0 saturated heterocycles. The Morgan fingerprint density at radius 3 is 2.04 bits per heavy atom. The standard InChI is InChI=1S/C18H37N2O7P/c1-16(2,3)11-20-13(21)9-10-19-15(23)14(22)18(7,8)12-26-28(24,25)27-17(4,5)6/h14,22H,9-12H2,1-8H3,(H,19,23)(H,20,21)(H,24,25). The SMILES string of the molecule is CC(C)(C)CNC(=O)CCNC(=O)C(O)C(C)(C)COP(=O)(O)OC(C)(C)C. The number of rotatable bonds is 10. The monoisotopic (exact) mass is 424 g/mol. The zero-order valence-electron chi connectivity index (χ0n) is 18.3. The minimum Gasteiger partial charge on any atom is -0.383 e. The van der Waals surface area contributed by atoms with E-state index in [0.717, 1.165) is 0 Å². The van der Waals surface area contributed by atoms with Gasteiger partial charge in [-0.1, -0.05) is 34.6 Å². The molecule has 10 heteroatoms. The fourth-order valence-corrected chi connectivity index (χ4v) is 3.14. The van der Waals surface area contributed by atoms with Gasteiger partial charge in [0.25, 0.3) is 0 Å². The van der Waals surface area contributed by atoms with Gasteiger partial charge in [-0.3, -0.25) is 18.6 Å². The van der Waals surface area contributed by atoms with E-state index in [1.165, 1.54) is 13.8 Å². The molecule has 0 spiro atoms. The van der Waals surface area contributed by atoms with Gasteiger partial charge in [0.05, 0.1) is 12.2 Å². The van der Waals surface area contributed by atoms with Crippen LogP contribution in [-0.2, 0) is 23.2 Å². The summed E-state index contributed by atoms with van der Waals surface area (Å²) in [7, 11) is -4.33. The molecule has 0 bridgehead atoms. The molecule has 0 aliphatic heterocycles. The van der Waals surface area contributed by atoms with E-state index in [2.05, 4.69) is 10.6 Å². The Morgan fingerprint density at radius 2 is 1.57 bits per heavy atom. The van der Waals surface area contributed by atoms with Gasteiger partial charge < -0.3 is 20.6 Å². The van der Waals surface area contributed by atoms with Crippen molar-refractivity contribution in [2.75, 3.05) is 19.7 Å². The summed E-state index contributed by atoms with van der Waals surface area (Å²) in [5, 5.41) is 15.5. The molecule has 0 rings (SSSR count). The largest absolute Gasteiger partial charge is 0.472 e. The maximum absolute atomic E-state index is 12.1. The minimum absolute atomic E-state index is 0.0397. The fourth-order valence-electron chi connectivity index (χ4n) is 1.90. The minimum atomic E-state index is -4.33. The first kappa shape index (κ1) is 27.0. The third-order valence-corrected chi connectivity index (χ3v) is 4.68. The van der Waals surface area contributed by atoms with E-state index in [1.54, 1.807) is 20.8 Å². The van der Waals surface area contributed by atoms with Gasteiger partial charge in [-0.05, 0) is 26.2 Å². The Bertz CT molecular complexity index is 579. The molecule has 2 amide bonds. The molecule has 166 valence electrons. The van der Waals surface area contributed by atoms with Gasteiger partial charge >= 0.3 is 7.82 Å². The van der Waals surface area contributed by atoms with Gasteiger partial charge in [-0.25, -0.2) is 4.57 Å². The summed E-state index contributed by atoms with van der Waals surface area (Å²) < 4.78 is 21.8. The number of nitrogens with one attached hydrogen (secondary N) is 2. The molecule has 0 heterocycles. The van der Waals surface area contributed by atoms with Gasteiger partial charge in [0.1, 0.15) is 6.10 Å². The Balaban J connectivity index is 4.48. The van der Waals surface area contributed by atoms with Crippen molar-refractivity contribution in [1.82, 2.24) is 10.6 Å². The van der Waals surface area contributed by atoms with Crippen LogP contribution in [0, 0.1) is 10.8 Å². The van der Waals surface area contributed by atoms with Crippen molar-refractivity contribution in [3.8, 4) is 0 Å². The maximum Gasteiger partial charge on any atom is 0.472 e. The Morgan fingerprint density at radius 1 is 1.04 bits per heavy atom. The van der Waals surface area contributed by atoms with Crippen molar-refractivity contribution < 1.29 is 33.2 Å². The van der Waals surface area contributed by atoms with E-state index >= 15 is 0 Å². The van der Waals surface area contributed by atoms with E-state index in [9.17, 15) is 24.2 Å². The van der Waals surface area contributed by atoms with Crippen molar-refractivity contribution in [3.63, 3.8) is 0 Å². The lowest BCUT2D eigenvalue weighted by atomic mass is 9.87. The number of aliphatic hydroxyl groups excluding tert-OH is 1. The number of amides is 2. The third-order valence-electron chi connectivity index (χ3n) is 3.44. The zero-order valence-corrected chi connectivity index (χ0v) is 19.2. The Kier molecular flexibility index (Phi) is 9.80. The topological polar surface area (TPSA) is 134 Å². The molecule has 2 atom stereocenters. The number of aliphatic hydroxyl groups is 1. The van der Waals surface area contributed by atoms with E-state index in [-0.39, 0.29) is 30.9 Å². The molecule has 28 heavy (non-hydrogen) atoms. The smallest absolute Gasteiger partial charge is 0.383 e. The van der Waals surface area contributed by atoms with Gasteiger partial charge in [0.15, 0.2) is 0 Å². The predicted molar refractivity (Wildman–Crippen MR) is 106 cm³/mol. The van der Waals surface area contributed by atoms with Crippen LogP contribution in [0.5, 0.6) is 0 Å². The van der Waals surface area contributed by atoms with E-state index in [1.807, 2.05) is 20.8 Å². The molecule has 0 aliphatic carbocycles. The molecule has 0 saturated carbocycles. The van der Waals surface area contributed by atoms with Gasteiger partial charge in [-0.15, -0.1) is 0 Å². The van der Waals surface area contributed by atoms with Crippen LogP contribution in [0.3, 0.4) is 0 Å². The predicted octanol–water partition coefficient (Wildman–Crippen LogP) is 1.97. The van der Waals surface area contributed by atoms with Crippen molar-refractivity contribution in [2.45, 2.75) is 73.5 Å². The Hall–Kier alpha value is -0.990. The lowest BCUT2D eigenvalue weighted by Gasteiger charge is -2.31. The molecule has 0 fully saturated rings. The zero-order chi connectivity index (χ0) is 22.4. The van der Waals surface area contributed by atoms with Crippen LogP contribution >= 0.6 is 7.82 Å². The van der Waals surface area contributed by atoms with Crippen molar-refractivity contribution in [1.29, 1.82) is 0 Å². The molecule has 9 nitrogen and oxygen atoms in total. The summed E-state index contributed by atoms with van der Waals surface area (Å²) in [6, 6.07) is 0. The van der Waals surface area contributed by atoms with E-state index in [0.29, 0.717) is 6.54 Å². The number of hydrogen-bond donors (Lipinski definition) is 4. The summed E-state index contributed by atoms with van der Waals surface area (Å²) in [4.78, 5) is 33.6. The van der Waals surface area contributed by atoms with Gasteiger partial charge in [0, 0.05) is 24.9 Å². The molecular weight excluding hydrogens is 387 g/mol. The molecule has 2 unspecified atom stereocenters. The number of phosphoric ester groups is 1. The lowest BCUT2D eigenvalue weighted by Crippen LogP contribution is -2.46. The van der Waals surface area contributed by atoms with Crippen molar-refractivity contribution >= 4 is 19.6 Å². The van der Waals surface area contributed by atoms with Crippen LogP contribution in [0.2, 0.25) is 0 Å². The van der Waals surface area contributed by atoms with Crippen LogP contribution in [0.25, 0.3) is 0 Å². The highest BCUT2D eigenvalue weighted by atomic mass is 31.2. The fraction of sp³-hybridized carbons (Fsp3) is 0.889. The number of hydrogen-bond acceptors (Lipinski definition) is 6. The molecule has 0 aromatic rings. The highest BCUT2D eigenvalue weighted by Gasteiger charge is 2.38. The second kappa shape index (κ2) is 10.2. The van der Waals surface area contributed by atoms with Crippen LogP contribution < -0.4 is 10.6 Å². The van der Waals surface area contributed by atoms with Crippen molar-refractivity contribution in [3.05, 3.63) is 0 Å². The average Bonchev–Trinajstić information content (AvgIpc) is 2.47. The van der Waals surface area contributed by atoms with E-state index in [4.69, 9.17) is 9.05 Å². The molecule has 0 aliphatic rings. The van der Waals surface area contributed by atoms with Crippen LogP contribution in [0.15, 0.2) is 0 Å². The van der Waals surface area contributed by atoms with E-state index < -0.39 is 30.8 Å². The van der Waals surface area contributed by atoms with Gasteiger partial charge in [-0.2, -0.15) is 0 Å². The molecule has 0 radical (unpaired) electrons. The van der Waals surface area contributed by atoms with Crippen LogP contribution in [0.1, 0.15) is 61.8 Å². The summed E-state index contributed by atoms with van der Waals surface area (Å²) in [5.41, 5.74) is -2.09. The summed E-state index contributed by atoms with van der Waals surface area (Å²) in [6.07, 6.45) is -1.42. The summed E-state index contributed by atoms with van der Waals surface area (Å²) >= 11 is 0. The molecular formula is C18H37N2O7P. The normalized spacial score (nSPS) is 16.2. The van der Waals surface area contributed by atoms with Crippen LogP contribution in [0.4, 0.5) is 0 Å². The van der Waals surface area contributed by atoms with Crippen molar-refractivity contribution in [2.24, 2.45) is 10.8 Å². The quantitative estimate of drug-likeness (QED) is 0.394. The summed E-state index contributed by atoms with van der Waals surface area (Å²) in [6.45, 7) is 14.0.